The molecule has 0 saturated carbocycles. The quantitative estimate of drug-likeness (QED) is 0.720. The van der Waals surface area contributed by atoms with Gasteiger partial charge in [-0.05, 0) is 37.8 Å². The number of amides is 1. The number of piperidine rings is 3. The molecule has 3 rings (SSSR count). The van der Waals surface area contributed by atoms with Gasteiger partial charge in [0.15, 0.2) is 0 Å². The van der Waals surface area contributed by atoms with Crippen LogP contribution in [0.3, 0.4) is 0 Å². The highest BCUT2D eigenvalue weighted by atomic mass is 16.2. The Morgan fingerprint density at radius 2 is 2.00 bits per heavy atom. The van der Waals surface area contributed by atoms with Crippen LogP contribution in [0, 0.1) is 11.8 Å². The molecule has 4 nitrogen and oxygen atoms in total. The number of carbonyl (C=O) groups excluding carboxylic acids is 1. The van der Waals surface area contributed by atoms with E-state index in [2.05, 4.69) is 10.2 Å². The molecular weight excluding hydrogens is 202 g/mol. The molecule has 2 bridgehead atoms. The standard InChI is InChI=1S/C12H23N3O/c1-8(2)11(13)12(16)14-10-7-15-5-3-9(10)4-6-15/h8-11H,3-7,13H2,1-2H3,(H,14,16). The summed E-state index contributed by atoms with van der Waals surface area (Å²) in [6, 6.07) is -0.0322. The van der Waals surface area contributed by atoms with Crippen LogP contribution < -0.4 is 11.1 Å². The molecule has 3 aliphatic heterocycles. The number of nitrogens with zero attached hydrogens (tertiary/aromatic N) is 1. The Morgan fingerprint density at radius 1 is 1.38 bits per heavy atom. The molecule has 3 heterocycles. The third-order valence-electron chi connectivity index (χ3n) is 4.00. The number of carbonyl (C=O) groups is 1. The van der Waals surface area contributed by atoms with Crippen molar-refractivity contribution in [1.82, 2.24) is 10.2 Å². The van der Waals surface area contributed by atoms with E-state index in [0.29, 0.717) is 12.0 Å². The molecule has 0 radical (unpaired) electrons. The summed E-state index contributed by atoms with van der Waals surface area (Å²) in [6.07, 6.45) is 2.45. The van der Waals surface area contributed by atoms with Gasteiger partial charge in [-0.3, -0.25) is 4.79 Å². The van der Waals surface area contributed by atoms with Crippen molar-refractivity contribution >= 4 is 5.91 Å². The van der Waals surface area contributed by atoms with Crippen LogP contribution in [0.4, 0.5) is 0 Å². The number of hydrogen-bond donors (Lipinski definition) is 2. The van der Waals surface area contributed by atoms with E-state index in [1.165, 1.54) is 25.9 Å². The average Bonchev–Trinajstić information content (AvgIpc) is 2.29. The molecule has 3 saturated heterocycles. The molecule has 0 aromatic carbocycles. The lowest BCUT2D eigenvalue weighted by molar-refractivity contribution is -0.125. The zero-order chi connectivity index (χ0) is 11.7. The summed E-state index contributed by atoms with van der Waals surface area (Å²) in [5.41, 5.74) is 5.85. The monoisotopic (exact) mass is 225 g/mol. The van der Waals surface area contributed by atoms with Gasteiger partial charge in [-0.25, -0.2) is 0 Å². The van der Waals surface area contributed by atoms with Gasteiger partial charge in [0.25, 0.3) is 0 Å². The second-order valence-corrected chi connectivity index (χ2v) is 5.52. The first-order valence-electron chi connectivity index (χ1n) is 6.36. The van der Waals surface area contributed by atoms with E-state index in [1.807, 2.05) is 13.8 Å². The van der Waals surface area contributed by atoms with Crippen molar-refractivity contribution in [2.45, 2.75) is 38.8 Å². The zero-order valence-electron chi connectivity index (χ0n) is 10.3. The summed E-state index contributed by atoms with van der Waals surface area (Å²) >= 11 is 0. The molecule has 0 spiro atoms. The van der Waals surface area contributed by atoms with Crippen LogP contribution in [-0.2, 0) is 4.79 Å². The largest absolute Gasteiger partial charge is 0.350 e. The Labute approximate surface area is 97.6 Å². The van der Waals surface area contributed by atoms with Crippen molar-refractivity contribution < 1.29 is 4.79 Å². The first-order valence-corrected chi connectivity index (χ1v) is 6.36. The number of nitrogens with two attached hydrogens (primary N) is 1. The maximum atomic E-state index is 11.9. The lowest BCUT2D eigenvalue weighted by Crippen LogP contribution is -2.59. The molecule has 3 fully saturated rings. The van der Waals surface area contributed by atoms with E-state index in [9.17, 15) is 4.79 Å². The van der Waals surface area contributed by atoms with Crippen LogP contribution in [0.2, 0.25) is 0 Å². The Balaban J connectivity index is 1.88. The number of nitrogens with one attached hydrogen (secondary N) is 1. The maximum absolute atomic E-state index is 11.9. The third-order valence-corrected chi connectivity index (χ3v) is 4.00. The summed E-state index contributed by atoms with van der Waals surface area (Å²) in [5.74, 6) is 0.906. The van der Waals surface area contributed by atoms with Crippen molar-refractivity contribution in [1.29, 1.82) is 0 Å². The summed E-state index contributed by atoms with van der Waals surface area (Å²) in [4.78, 5) is 14.3. The van der Waals surface area contributed by atoms with E-state index in [0.717, 1.165) is 6.54 Å². The van der Waals surface area contributed by atoms with Crippen LogP contribution in [0.5, 0.6) is 0 Å². The summed E-state index contributed by atoms with van der Waals surface area (Å²) < 4.78 is 0. The van der Waals surface area contributed by atoms with Crippen LogP contribution in [0.25, 0.3) is 0 Å². The van der Waals surface area contributed by atoms with Crippen molar-refractivity contribution in [2.24, 2.45) is 17.6 Å². The van der Waals surface area contributed by atoms with E-state index in [-0.39, 0.29) is 17.9 Å². The van der Waals surface area contributed by atoms with E-state index >= 15 is 0 Å². The molecule has 92 valence electrons. The molecule has 4 heteroatoms. The number of hydrogen-bond acceptors (Lipinski definition) is 3. The Bertz CT molecular complexity index is 259. The van der Waals surface area contributed by atoms with Gasteiger partial charge in [0.05, 0.1) is 6.04 Å². The van der Waals surface area contributed by atoms with Crippen LogP contribution in [0.15, 0.2) is 0 Å². The second kappa shape index (κ2) is 4.72. The van der Waals surface area contributed by atoms with E-state index in [4.69, 9.17) is 5.73 Å². The Kier molecular flexibility index (Phi) is 3.50. The fourth-order valence-corrected chi connectivity index (χ4v) is 2.71. The maximum Gasteiger partial charge on any atom is 0.237 e. The fourth-order valence-electron chi connectivity index (χ4n) is 2.71. The lowest BCUT2D eigenvalue weighted by atomic mass is 9.84. The van der Waals surface area contributed by atoms with Crippen LogP contribution in [0.1, 0.15) is 26.7 Å². The van der Waals surface area contributed by atoms with Gasteiger partial charge in [0, 0.05) is 12.6 Å². The van der Waals surface area contributed by atoms with Gasteiger partial charge in [-0.1, -0.05) is 13.8 Å². The average molecular weight is 225 g/mol. The lowest BCUT2D eigenvalue weighted by Gasteiger charge is -2.45. The van der Waals surface area contributed by atoms with Crippen LogP contribution in [-0.4, -0.2) is 42.5 Å². The normalized spacial score (nSPS) is 35.1. The molecule has 0 aromatic rings. The van der Waals surface area contributed by atoms with Crippen molar-refractivity contribution in [2.75, 3.05) is 19.6 Å². The third kappa shape index (κ3) is 2.38. The highest BCUT2D eigenvalue weighted by Crippen LogP contribution is 2.27. The van der Waals surface area contributed by atoms with Crippen molar-refractivity contribution in [3.63, 3.8) is 0 Å². The minimum Gasteiger partial charge on any atom is -0.350 e. The first kappa shape index (κ1) is 11.9. The van der Waals surface area contributed by atoms with Gasteiger partial charge in [-0.15, -0.1) is 0 Å². The first-order chi connectivity index (χ1) is 7.58. The minimum absolute atomic E-state index is 0.0220. The van der Waals surface area contributed by atoms with Gasteiger partial charge in [-0.2, -0.15) is 0 Å². The smallest absolute Gasteiger partial charge is 0.237 e. The van der Waals surface area contributed by atoms with Gasteiger partial charge >= 0.3 is 0 Å². The number of fused-ring (bicyclic) bond motifs is 3. The SMILES string of the molecule is CC(C)C(N)C(=O)NC1CN2CCC1CC2. The molecule has 0 aliphatic carbocycles. The molecule has 3 aliphatic rings. The molecule has 16 heavy (non-hydrogen) atoms. The Hall–Kier alpha value is -0.610. The predicted molar refractivity (Wildman–Crippen MR) is 63.9 cm³/mol. The van der Waals surface area contributed by atoms with Gasteiger partial charge in [0.2, 0.25) is 5.91 Å². The van der Waals surface area contributed by atoms with E-state index < -0.39 is 0 Å². The van der Waals surface area contributed by atoms with E-state index in [1.54, 1.807) is 0 Å². The highest BCUT2D eigenvalue weighted by Gasteiger charge is 2.35. The van der Waals surface area contributed by atoms with Crippen molar-refractivity contribution in [3.05, 3.63) is 0 Å². The fraction of sp³-hybridized carbons (Fsp3) is 0.917. The molecule has 1 amide bonds. The van der Waals surface area contributed by atoms with Crippen LogP contribution >= 0.6 is 0 Å². The topological polar surface area (TPSA) is 58.4 Å². The molecule has 0 aromatic heterocycles. The summed E-state index contributed by atoms with van der Waals surface area (Å²) in [5, 5.41) is 3.13. The zero-order valence-corrected chi connectivity index (χ0v) is 10.3. The minimum atomic E-state index is -0.365. The summed E-state index contributed by atoms with van der Waals surface area (Å²) in [6.45, 7) is 7.39. The Morgan fingerprint density at radius 3 is 2.44 bits per heavy atom. The number of rotatable bonds is 3. The summed E-state index contributed by atoms with van der Waals surface area (Å²) in [7, 11) is 0. The van der Waals surface area contributed by atoms with Gasteiger partial charge in [0.1, 0.15) is 0 Å². The second-order valence-electron chi connectivity index (χ2n) is 5.52. The highest BCUT2D eigenvalue weighted by molar-refractivity contribution is 5.82. The van der Waals surface area contributed by atoms with Crippen molar-refractivity contribution in [3.8, 4) is 0 Å². The molecular formula is C12H23N3O. The van der Waals surface area contributed by atoms with Gasteiger partial charge < -0.3 is 16.0 Å². The molecule has 2 unspecified atom stereocenters. The molecule has 2 atom stereocenters. The molecule has 3 N–H and O–H groups in total. The predicted octanol–water partition coefficient (Wildman–Crippen LogP) is 0.180.